The molecule has 0 bridgehead atoms. The van der Waals surface area contributed by atoms with E-state index in [1.165, 1.54) is 35.3 Å². The van der Waals surface area contributed by atoms with Crippen LogP contribution >= 0.6 is 11.8 Å². The van der Waals surface area contributed by atoms with Crippen LogP contribution in [0.2, 0.25) is 0 Å². The fourth-order valence-corrected chi connectivity index (χ4v) is 2.60. The molecular weight excluding hydrogens is 226 g/mol. The van der Waals surface area contributed by atoms with Gasteiger partial charge in [-0.15, -0.1) is 0 Å². The van der Waals surface area contributed by atoms with Crippen LogP contribution in [0.3, 0.4) is 0 Å². The first-order chi connectivity index (χ1) is 8.15. The molecule has 1 N–H and O–H groups in total. The topological polar surface area (TPSA) is 12.0 Å². The Balaban J connectivity index is 2.38. The van der Waals surface area contributed by atoms with Gasteiger partial charge in [0.15, 0.2) is 0 Å². The molecule has 0 saturated carbocycles. The average Bonchev–Trinajstić information content (AvgIpc) is 2.28. The second-order valence-electron chi connectivity index (χ2n) is 4.74. The third kappa shape index (κ3) is 5.13. The lowest BCUT2D eigenvalue weighted by Gasteiger charge is -2.17. The lowest BCUT2D eigenvalue weighted by Crippen LogP contribution is -2.20. The van der Waals surface area contributed by atoms with Crippen molar-refractivity contribution in [2.45, 2.75) is 39.7 Å². The zero-order valence-corrected chi connectivity index (χ0v) is 12.4. The van der Waals surface area contributed by atoms with Gasteiger partial charge in [0.05, 0.1) is 0 Å². The first-order valence-electron chi connectivity index (χ1n) is 6.44. The van der Waals surface area contributed by atoms with E-state index in [1.807, 2.05) is 11.8 Å². The molecule has 2 heteroatoms. The van der Waals surface area contributed by atoms with E-state index in [0.717, 1.165) is 6.54 Å². The fraction of sp³-hybridized carbons (Fsp3) is 0.600. The molecule has 0 spiro atoms. The van der Waals surface area contributed by atoms with E-state index in [0.29, 0.717) is 6.04 Å². The number of thioether (sulfide) groups is 1. The Labute approximate surface area is 110 Å². The molecule has 0 aliphatic rings. The summed E-state index contributed by atoms with van der Waals surface area (Å²) < 4.78 is 0. The monoisotopic (exact) mass is 251 g/mol. The highest BCUT2D eigenvalue weighted by Gasteiger charge is 2.06. The molecule has 0 aliphatic carbocycles. The second kappa shape index (κ2) is 7.78. The minimum Gasteiger partial charge on any atom is -0.310 e. The molecule has 1 unspecified atom stereocenters. The number of benzene rings is 1. The maximum Gasteiger partial charge on any atom is 0.0294 e. The number of aryl methyl sites for hydroxylation is 2. The maximum atomic E-state index is 3.61. The molecule has 0 heterocycles. The summed E-state index contributed by atoms with van der Waals surface area (Å²) in [6.45, 7) is 7.73. The summed E-state index contributed by atoms with van der Waals surface area (Å²) in [7, 11) is 0. The first kappa shape index (κ1) is 14.6. The molecule has 1 aromatic carbocycles. The molecule has 96 valence electrons. The van der Waals surface area contributed by atoms with Crippen LogP contribution in [0, 0.1) is 13.8 Å². The van der Waals surface area contributed by atoms with Crippen LogP contribution in [-0.2, 0) is 0 Å². The molecule has 0 saturated heterocycles. The van der Waals surface area contributed by atoms with Gasteiger partial charge in [0.2, 0.25) is 0 Å². The van der Waals surface area contributed by atoms with Gasteiger partial charge in [0.25, 0.3) is 0 Å². The van der Waals surface area contributed by atoms with Crippen molar-refractivity contribution in [1.82, 2.24) is 5.32 Å². The van der Waals surface area contributed by atoms with E-state index in [1.54, 1.807) is 0 Å². The number of hydrogen-bond donors (Lipinski definition) is 1. The number of nitrogens with one attached hydrogen (secondary N) is 1. The summed E-state index contributed by atoms with van der Waals surface area (Å²) in [6, 6.07) is 7.18. The molecule has 0 aromatic heterocycles. The van der Waals surface area contributed by atoms with Gasteiger partial charge in [-0.2, -0.15) is 11.8 Å². The van der Waals surface area contributed by atoms with Gasteiger partial charge in [-0.05, 0) is 63.3 Å². The summed E-state index contributed by atoms with van der Waals surface area (Å²) in [5.74, 6) is 1.28. The molecule has 17 heavy (non-hydrogen) atoms. The lowest BCUT2D eigenvalue weighted by molar-refractivity contribution is 0.553. The van der Waals surface area contributed by atoms with Crippen LogP contribution in [0.15, 0.2) is 18.2 Å². The van der Waals surface area contributed by atoms with E-state index in [4.69, 9.17) is 0 Å². The van der Waals surface area contributed by atoms with Gasteiger partial charge in [0.1, 0.15) is 0 Å². The molecule has 0 aliphatic heterocycles. The molecule has 1 nitrogen and oxygen atoms in total. The van der Waals surface area contributed by atoms with Gasteiger partial charge in [-0.25, -0.2) is 0 Å². The first-order valence-corrected chi connectivity index (χ1v) is 7.84. The zero-order chi connectivity index (χ0) is 12.7. The molecule has 1 atom stereocenters. The van der Waals surface area contributed by atoms with Crippen LogP contribution in [0.1, 0.15) is 42.5 Å². The van der Waals surface area contributed by atoms with Crippen LogP contribution in [-0.4, -0.2) is 18.6 Å². The third-order valence-electron chi connectivity index (χ3n) is 3.12. The zero-order valence-electron chi connectivity index (χ0n) is 11.5. The van der Waals surface area contributed by atoms with Crippen molar-refractivity contribution in [3.63, 3.8) is 0 Å². The highest BCUT2D eigenvalue weighted by molar-refractivity contribution is 7.98. The van der Waals surface area contributed by atoms with Crippen molar-refractivity contribution >= 4 is 11.8 Å². The van der Waals surface area contributed by atoms with Gasteiger partial charge < -0.3 is 5.32 Å². The highest BCUT2D eigenvalue weighted by Crippen LogP contribution is 2.18. The van der Waals surface area contributed by atoms with Crippen LogP contribution in [0.5, 0.6) is 0 Å². The van der Waals surface area contributed by atoms with Crippen LogP contribution < -0.4 is 5.32 Å². The summed E-state index contributed by atoms with van der Waals surface area (Å²) >= 11 is 1.93. The smallest absolute Gasteiger partial charge is 0.0294 e. The summed E-state index contributed by atoms with van der Waals surface area (Å²) in [5, 5.41) is 3.61. The van der Waals surface area contributed by atoms with Crippen LogP contribution in [0.4, 0.5) is 0 Å². The Bertz CT molecular complexity index is 336. The minimum absolute atomic E-state index is 0.463. The van der Waals surface area contributed by atoms with E-state index in [-0.39, 0.29) is 0 Å². The predicted molar refractivity (Wildman–Crippen MR) is 79.9 cm³/mol. The Morgan fingerprint density at radius 2 is 2.00 bits per heavy atom. The van der Waals surface area contributed by atoms with Gasteiger partial charge in [-0.1, -0.05) is 23.8 Å². The maximum absolute atomic E-state index is 3.61. The van der Waals surface area contributed by atoms with Gasteiger partial charge in [-0.3, -0.25) is 0 Å². The summed E-state index contributed by atoms with van der Waals surface area (Å²) in [4.78, 5) is 0. The third-order valence-corrected chi connectivity index (χ3v) is 3.81. The van der Waals surface area contributed by atoms with E-state index < -0.39 is 0 Å². The van der Waals surface area contributed by atoms with Crippen molar-refractivity contribution in [1.29, 1.82) is 0 Å². The van der Waals surface area contributed by atoms with Gasteiger partial charge >= 0.3 is 0 Å². The van der Waals surface area contributed by atoms with Gasteiger partial charge in [0, 0.05) is 6.04 Å². The number of unbranched alkanes of at least 4 members (excludes halogenated alkanes) is 1. The minimum atomic E-state index is 0.463. The molecule has 0 amide bonds. The Morgan fingerprint density at radius 3 is 2.65 bits per heavy atom. The van der Waals surface area contributed by atoms with Crippen molar-refractivity contribution in [2.75, 3.05) is 18.6 Å². The van der Waals surface area contributed by atoms with Crippen molar-refractivity contribution in [3.8, 4) is 0 Å². The van der Waals surface area contributed by atoms with Crippen molar-refractivity contribution in [2.24, 2.45) is 0 Å². The second-order valence-corrected chi connectivity index (χ2v) is 5.72. The molecule has 0 fully saturated rings. The summed E-state index contributed by atoms with van der Waals surface area (Å²) in [6.07, 6.45) is 4.76. The highest BCUT2D eigenvalue weighted by atomic mass is 32.2. The summed E-state index contributed by atoms with van der Waals surface area (Å²) in [5.41, 5.74) is 4.17. The standard InChI is InChI=1S/C15H25NS/c1-12-7-8-15(13(2)11-12)14(3)16-9-5-6-10-17-4/h7-8,11,14,16H,5-6,9-10H2,1-4H3. The number of rotatable bonds is 7. The Kier molecular flexibility index (Phi) is 6.68. The number of hydrogen-bond acceptors (Lipinski definition) is 2. The fourth-order valence-electron chi connectivity index (χ4n) is 2.11. The SMILES string of the molecule is CSCCCCNC(C)c1ccc(C)cc1C. The lowest BCUT2D eigenvalue weighted by atomic mass is 10.0. The predicted octanol–water partition coefficient (Wildman–Crippen LogP) is 4.10. The van der Waals surface area contributed by atoms with Crippen molar-refractivity contribution in [3.05, 3.63) is 34.9 Å². The molecule has 0 radical (unpaired) electrons. The van der Waals surface area contributed by atoms with E-state index in [2.05, 4.69) is 50.5 Å². The molecule has 1 rings (SSSR count). The molecule has 1 aromatic rings. The molecular formula is C15H25NS. The average molecular weight is 251 g/mol. The Hall–Kier alpha value is -0.470. The van der Waals surface area contributed by atoms with Crippen LogP contribution in [0.25, 0.3) is 0 Å². The Morgan fingerprint density at radius 1 is 1.24 bits per heavy atom. The van der Waals surface area contributed by atoms with E-state index >= 15 is 0 Å². The normalized spacial score (nSPS) is 12.7. The van der Waals surface area contributed by atoms with E-state index in [9.17, 15) is 0 Å². The largest absolute Gasteiger partial charge is 0.310 e. The van der Waals surface area contributed by atoms with Crippen molar-refractivity contribution < 1.29 is 0 Å². The quantitative estimate of drug-likeness (QED) is 0.732.